The van der Waals surface area contributed by atoms with Gasteiger partial charge in [-0.05, 0) is 30.6 Å². The quantitative estimate of drug-likeness (QED) is 0.0908. The summed E-state index contributed by atoms with van der Waals surface area (Å²) in [4.78, 5) is 0. The third-order valence-electron chi connectivity index (χ3n) is 6.69. The molecule has 234 valence electrons. The number of halogens is 15. The zero-order chi connectivity index (χ0) is 34.0. The Hall–Kier alpha value is -5.01. The molecule has 0 unspecified atom stereocenters. The summed E-state index contributed by atoms with van der Waals surface area (Å²) in [6.07, 6.45) is -0.267. The average Bonchev–Trinajstić information content (AvgIpc) is 3.75. The van der Waals surface area contributed by atoms with E-state index in [1.54, 1.807) is 0 Å². The molecule has 1 saturated carbocycles. The molecule has 1 fully saturated rings. The molecule has 0 spiro atoms. The van der Waals surface area contributed by atoms with Crippen molar-refractivity contribution in [2.75, 3.05) is 0 Å². The predicted octanol–water partition coefficient (Wildman–Crippen LogP) is 9.12. The minimum absolute atomic E-state index is 0.267. The minimum atomic E-state index is -2.72. The van der Waals surface area contributed by atoms with Crippen LogP contribution >= 0.6 is 0 Å². The summed E-state index contributed by atoms with van der Waals surface area (Å²) in [5, 5.41) is 11.7. The van der Waals surface area contributed by atoms with Crippen molar-refractivity contribution in [3.8, 4) is 6.07 Å². The summed E-state index contributed by atoms with van der Waals surface area (Å²) in [7, 11) is 0. The van der Waals surface area contributed by atoms with Gasteiger partial charge in [0.2, 0.25) is 11.6 Å². The van der Waals surface area contributed by atoms with E-state index in [-0.39, 0.29) is 6.21 Å². The van der Waals surface area contributed by atoms with Crippen molar-refractivity contribution in [3.63, 3.8) is 0 Å². The summed E-state index contributed by atoms with van der Waals surface area (Å²) in [6, 6.07) is 1.16. The third kappa shape index (κ3) is 4.75. The van der Waals surface area contributed by atoms with Crippen molar-refractivity contribution in [2.24, 2.45) is 5.21 Å². The molecule has 2 nitrogen and oxygen atoms in total. The topological polar surface area (TPSA) is 36.1 Å². The zero-order valence-corrected chi connectivity index (χ0v) is 21.6. The van der Waals surface area contributed by atoms with Crippen molar-refractivity contribution in [1.82, 2.24) is 0 Å². The first-order chi connectivity index (χ1) is 21.0. The highest BCUT2D eigenvalue weighted by Crippen LogP contribution is 2.57. The lowest BCUT2D eigenvalue weighted by atomic mass is 9.97. The Labute approximate surface area is 240 Å². The van der Waals surface area contributed by atoms with Gasteiger partial charge in [-0.1, -0.05) is 9.70 Å². The minimum Gasteiger partial charge on any atom is -0.203 e. The maximum atomic E-state index is 14.9. The number of allylic oxidation sites excluding steroid dienone is 6. The van der Waals surface area contributed by atoms with Gasteiger partial charge >= 0.3 is 0 Å². The van der Waals surface area contributed by atoms with Gasteiger partial charge in [0.15, 0.2) is 69.8 Å². The van der Waals surface area contributed by atoms with Crippen LogP contribution in [0.4, 0.5) is 65.9 Å². The van der Waals surface area contributed by atoms with Crippen LogP contribution in [0.15, 0.2) is 21.9 Å². The molecule has 17 heteroatoms. The highest BCUT2D eigenvalue weighted by atomic mass is 19.2. The Bertz CT molecular complexity index is 1940. The standard InChI is InChI=1S/C28H7F15N2/c1-5(11-17(31)23(37)27(41)24(38)18(11)32)10-12(7(3-44)9-6(2)15(29)21(35)22(36)16(9)30)13(10)8(4-45-43)14-19(33)25(39)28(42)26(40)20(14)34/h4H,1-2H3/b10-5+,12-7-,13-8?,45-4+. The lowest BCUT2D eigenvalue weighted by Gasteiger charge is -2.10. The summed E-state index contributed by atoms with van der Waals surface area (Å²) in [5.41, 5.74) is -14.0. The summed E-state index contributed by atoms with van der Waals surface area (Å²) in [6.45, 7) is 1.11. The van der Waals surface area contributed by atoms with Gasteiger partial charge in [-0.3, -0.25) is 0 Å². The first-order valence-electron chi connectivity index (χ1n) is 11.6. The number of hydrogen-bond donors (Lipinski definition) is 0. The second-order valence-corrected chi connectivity index (χ2v) is 9.02. The van der Waals surface area contributed by atoms with Crippen molar-refractivity contribution in [3.05, 3.63) is 120 Å². The van der Waals surface area contributed by atoms with Crippen molar-refractivity contribution in [1.29, 1.82) is 5.26 Å². The molecular weight excluding hydrogens is 649 g/mol. The van der Waals surface area contributed by atoms with Gasteiger partial charge < -0.3 is 0 Å². The molecular formula is C28H7F15N2. The van der Waals surface area contributed by atoms with Gasteiger partial charge in [0.25, 0.3) is 0 Å². The van der Waals surface area contributed by atoms with E-state index in [1.165, 1.54) is 0 Å². The normalized spacial score (nSPS) is 16.4. The van der Waals surface area contributed by atoms with E-state index in [4.69, 9.17) is 0 Å². The van der Waals surface area contributed by atoms with Crippen molar-refractivity contribution in [2.45, 2.75) is 13.8 Å². The maximum absolute atomic E-state index is 14.9. The van der Waals surface area contributed by atoms with E-state index in [2.05, 4.69) is 0 Å². The van der Waals surface area contributed by atoms with Crippen LogP contribution < -0.4 is 0 Å². The Morgan fingerprint density at radius 2 is 0.867 bits per heavy atom. The molecule has 0 heterocycles. The third-order valence-corrected chi connectivity index (χ3v) is 6.69. The molecule has 0 amide bonds. The largest absolute Gasteiger partial charge is 0.203 e. The maximum Gasteiger partial charge on any atom is 0.200 e. The molecule has 0 radical (unpaired) electrons. The van der Waals surface area contributed by atoms with Gasteiger partial charge in [-0.2, -0.15) is 5.26 Å². The van der Waals surface area contributed by atoms with Gasteiger partial charge in [-0.25, -0.2) is 61.5 Å². The predicted molar refractivity (Wildman–Crippen MR) is 125 cm³/mol. The molecule has 3 aromatic carbocycles. The summed E-state index contributed by atoms with van der Waals surface area (Å²) < 4.78 is 213. The fraction of sp³-hybridized carbons (Fsp3) is 0.0714. The summed E-state index contributed by atoms with van der Waals surface area (Å²) in [5.74, 6) is -35.5. The van der Waals surface area contributed by atoms with Crippen LogP contribution in [0.2, 0.25) is 0 Å². The lowest BCUT2D eigenvalue weighted by molar-refractivity contribution is 0.376. The first kappa shape index (κ1) is 32.9. The lowest BCUT2D eigenvalue weighted by Crippen LogP contribution is -2.07. The van der Waals surface area contributed by atoms with Crippen LogP contribution in [-0.2, 0) is 0 Å². The number of rotatable bonds is 4. The van der Waals surface area contributed by atoms with Crippen LogP contribution in [0.5, 0.6) is 0 Å². The van der Waals surface area contributed by atoms with Gasteiger partial charge in [0, 0.05) is 22.3 Å². The van der Waals surface area contributed by atoms with E-state index in [9.17, 15) is 71.2 Å². The Morgan fingerprint density at radius 1 is 0.511 bits per heavy atom. The van der Waals surface area contributed by atoms with E-state index >= 15 is 0 Å². The van der Waals surface area contributed by atoms with Crippen LogP contribution in [-0.4, -0.2) is 6.21 Å². The molecule has 0 aliphatic heterocycles. The monoisotopic (exact) mass is 656 g/mol. The Balaban J connectivity index is 2.33. The average molecular weight is 656 g/mol. The smallest absolute Gasteiger partial charge is 0.200 e. The fourth-order valence-corrected chi connectivity index (χ4v) is 4.56. The van der Waals surface area contributed by atoms with Gasteiger partial charge in [-0.15, -0.1) is 0 Å². The van der Waals surface area contributed by atoms with Crippen molar-refractivity contribution < 1.29 is 65.9 Å². The van der Waals surface area contributed by atoms with E-state index in [0.717, 1.165) is 6.07 Å². The Morgan fingerprint density at radius 3 is 1.27 bits per heavy atom. The van der Waals surface area contributed by atoms with E-state index < -0.39 is 137 Å². The molecule has 1 aliphatic carbocycles. The Kier molecular flexibility index (Phi) is 8.40. The number of nitrogens with zero attached hydrogens (tertiary/aromatic N) is 2. The fourth-order valence-electron chi connectivity index (χ4n) is 4.56. The van der Waals surface area contributed by atoms with Crippen LogP contribution in [0.1, 0.15) is 29.2 Å². The number of benzene rings is 3. The molecule has 1 aliphatic rings. The van der Waals surface area contributed by atoms with Crippen LogP contribution in [0.3, 0.4) is 0 Å². The molecule has 0 bridgehead atoms. The van der Waals surface area contributed by atoms with E-state index in [1.807, 2.05) is 5.21 Å². The first-order valence-corrected chi connectivity index (χ1v) is 11.6. The second kappa shape index (κ2) is 11.5. The highest BCUT2D eigenvalue weighted by Gasteiger charge is 2.44. The molecule has 0 atom stereocenters. The van der Waals surface area contributed by atoms with Crippen LogP contribution in [0, 0.1) is 99.7 Å². The highest BCUT2D eigenvalue weighted by molar-refractivity contribution is 6.21. The second-order valence-electron chi connectivity index (χ2n) is 9.02. The SMILES string of the molecule is C/C(=C1C(=C(/C=N/F)c2c(F)c(F)c(F)c(F)c2F)C\1=C(\C#N)c1c(C)c(F)c(F)c(F)c1F)c1c(F)c(F)c(F)c(F)c1F. The molecule has 45 heavy (non-hydrogen) atoms. The molecule has 0 N–H and O–H groups in total. The molecule has 0 aromatic heterocycles. The van der Waals surface area contributed by atoms with E-state index in [0.29, 0.717) is 13.8 Å². The van der Waals surface area contributed by atoms with Gasteiger partial charge in [0.1, 0.15) is 6.07 Å². The van der Waals surface area contributed by atoms with Crippen molar-refractivity contribution >= 4 is 22.9 Å². The van der Waals surface area contributed by atoms with Crippen LogP contribution in [0.25, 0.3) is 16.7 Å². The molecule has 4 rings (SSSR count). The number of hydrogen-bond acceptors (Lipinski definition) is 2. The van der Waals surface area contributed by atoms with Gasteiger partial charge in [0.05, 0.1) is 22.9 Å². The molecule has 3 aromatic rings. The number of nitriles is 1. The molecule has 0 saturated heterocycles. The summed E-state index contributed by atoms with van der Waals surface area (Å²) >= 11 is 0. The zero-order valence-electron chi connectivity index (χ0n) is 21.6.